The Morgan fingerprint density at radius 2 is 1.87 bits per heavy atom. The molecule has 0 aliphatic rings. The van der Waals surface area contributed by atoms with Crippen LogP contribution in [0.5, 0.6) is 0 Å². The Balaban J connectivity index is 1.61. The van der Waals surface area contributed by atoms with Gasteiger partial charge in [0.15, 0.2) is 0 Å². The van der Waals surface area contributed by atoms with Crippen molar-refractivity contribution >= 4 is 29.4 Å². The molecule has 2 rings (SSSR count). The van der Waals surface area contributed by atoms with E-state index in [0.29, 0.717) is 5.75 Å². The zero-order valence-corrected chi connectivity index (χ0v) is 15.3. The van der Waals surface area contributed by atoms with E-state index in [0.717, 1.165) is 18.1 Å². The summed E-state index contributed by atoms with van der Waals surface area (Å²) in [5, 5.41) is 2.99. The third-order valence-electron chi connectivity index (χ3n) is 3.38. The lowest BCUT2D eigenvalue weighted by Crippen LogP contribution is -2.27. The topological polar surface area (TPSA) is 29.1 Å². The van der Waals surface area contributed by atoms with Crippen LogP contribution in [0, 0.1) is 13.8 Å². The van der Waals surface area contributed by atoms with Crippen molar-refractivity contribution in [2.75, 3.05) is 18.1 Å². The average Bonchev–Trinajstić information content (AvgIpc) is 2.56. The lowest BCUT2D eigenvalue weighted by Gasteiger charge is -2.08. The van der Waals surface area contributed by atoms with Gasteiger partial charge in [0.2, 0.25) is 5.91 Å². The summed E-state index contributed by atoms with van der Waals surface area (Å²) < 4.78 is 0. The van der Waals surface area contributed by atoms with Gasteiger partial charge in [-0.3, -0.25) is 4.79 Å². The first-order chi connectivity index (χ1) is 11.1. The van der Waals surface area contributed by atoms with Crippen LogP contribution in [0.1, 0.15) is 16.7 Å². The number of hydrogen-bond donors (Lipinski definition) is 1. The molecule has 1 amide bonds. The van der Waals surface area contributed by atoms with E-state index in [1.165, 1.54) is 21.6 Å². The summed E-state index contributed by atoms with van der Waals surface area (Å²) in [5.74, 6) is 2.52. The van der Waals surface area contributed by atoms with Crippen molar-refractivity contribution in [1.29, 1.82) is 0 Å². The van der Waals surface area contributed by atoms with Gasteiger partial charge in [0, 0.05) is 22.9 Å². The van der Waals surface area contributed by atoms with Crippen LogP contribution in [0.25, 0.3) is 0 Å². The Bertz CT molecular complexity index is 629. The van der Waals surface area contributed by atoms with Gasteiger partial charge in [0.25, 0.3) is 0 Å². The minimum Gasteiger partial charge on any atom is -0.355 e. The van der Waals surface area contributed by atoms with Crippen molar-refractivity contribution in [3.05, 3.63) is 65.2 Å². The fraction of sp³-hybridized carbons (Fsp3) is 0.316. The van der Waals surface area contributed by atoms with Crippen LogP contribution >= 0.6 is 23.5 Å². The zero-order valence-electron chi connectivity index (χ0n) is 13.7. The standard InChI is InChI=1S/C19H23NOS2/c1-15-8-9-16(2)18(12-15)23-14-19(21)20-10-11-22-13-17-6-4-3-5-7-17/h3-9,12H,10-11,13-14H2,1-2H3,(H,20,21). The Morgan fingerprint density at radius 3 is 2.65 bits per heavy atom. The fourth-order valence-electron chi connectivity index (χ4n) is 2.08. The minimum absolute atomic E-state index is 0.108. The number of benzene rings is 2. The van der Waals surface area contributed by atoms with Gasteiger partial charge >= 0.3 is 0 Å². The van der Waals surface area contributed by atoms with Gasteiger partial charge in [-0.25, -0.2) is 0 Å². The molecule has 0 aliphatic carbocycles. The van der Waals surface area contributed by atoms with Gasteiger partial charge in [-0.1, -0.05) is 48.0 Å². The van der Waals surface area contributed by atoms with Crippen molar-refractivity contribution in [3.63, 3.8) is 0 Å². The molecule has 0 saturated heterocycles. The number of aryl methyl sites for hydroxylation is 2. The van der Waals surface area contributed by atoms with Crippen LogP contribution in [-0.4, -0.2) is 24.0 Å². The minimum atomic E-state index is 0.108. The molecule has 0 aliphatic heterocycles. The predicted molar refractivity (Wildman–Crippen MR) is 102 cm³/mol. The first kappa shape index (κ1) is 18.0. The van der Waals surface area contributed by atoms with Crippen molar-refractivity contribution in [1.82, 2.24) is 5.32 Å². The maximum Gasteiger partial charge on any atom is 0.230 e. The second-order valence-corrected chi connectivity index (χ2v) is 7.57. The molecule has 4 heteroatoms. The van der Waals surface area contributed by atoms with E-state index in [9.17, 15) is 4.79 Å². The van der Waals surface area contributed by atoms with Gasteiger partial charge in [0.1, 0.15) is 0 Å². The van der Waals surface area contributed by atoms with E-state index in [1.807, 2.05) is 17.8 Å². The summed E-state index contributed by atoms with van der Waals surface area (Å²) >= 11 is 3.46. The van der Waals surface area contributed by atoms with Crippen LogP contribution in [-0.2, 0) is 10.5 Å². The van der Waals surface area contributed by atoms with Crippen LogP contribution in [0.2, 0.25) is 0 Å². The lowest BCUT2D eigenvalue weighted by atomic mass is 10.2. The smallest absolute Gasteiger partial charge is 0.230 e. The highest BCUT2D eigenvalue weighted by Gasteiger charge is 2.05. The van der Waals surface area contributed by atoms with E-state index in [-0.39, 0.29) is 5.91 Å². The highest BCUT2D eigenvalue weighted by atomic mass is 32.2. The van der Waals surface area contributed by atoms with Crippen LogP contribution < -0.4 is 5.32 Å². The number of rotatable bonds is 8. The van der Waals surface area contributed by atoms with E-state index in [1.54, 1.807) is 11.8 Å². The Hall–Kier alpha value is -1.39. The molecule has 0 unspecified atom stereocenters. The quantitative estimate of drug-likeness (QED) is 0.566. The molecule has 2 aromatic rings. The zero-order chi connectivity index (χ0) is 16.5. The summed E-state index contributed by atoms with van der Waals surface area (Å²) in [6, 6.07) is 16.8. The molecule has 1 N–H and O–H groups in total. The van der Waals surface area contributed by atoms with Crippen molar-refractivity contribution in [2.24, 2.45) is 0 Å². The first-order valence-electron chi connectivity index (χ1n) is 7.73. The van der Waals surface area contributed by atoms with Gasteiger partial charge < -0.3 is 5.32 Å². The van der Waals surface area contributed by atoms with E-state index in [2.05, 4.69) is 61.6 Å². The van der Waals surface area contributed by atoms with Gasteiger partial charge in [0.05, 0.1) is 5.75 Å². The molecule has 2 aromatic carbocycles. The summed E-state index contributed by atoms with van der Waals surface area (Å²) in [6.45, 7) is 4.89. The average molecular weight is 346 g/mol. The molecule has 0 fully saturated rings. The maximum atomic E-state index is 11.9. The monoisotopic (exact) mass is 345 g/mol. The Labute approximate surface area is 147 Å². The van der Waals surface area contributed by atoms with Crippen LogP contribution in [0.4, 0.5) is 0 Å². The predicted octanol–water partition coefficient (Wildman–Crippen LogP) is 4.45. The van der Waals surface area contributed by atoms with E-state index >= 15 is 0 Å². The second-order valence-electron chi connectivity index (χ2n) is 5.45. The summed E-state index contributed by atoms with van der Waals surface area (Å²) in [6.07, 6.45) is 0. The Morgan fingerprint density at radius 1 is 1.09 bits per heavy atom. The maximum absolute atomic E-state index is 11.9. The van der Waals surface area contributed by atoms with Gasteiger partial charge in [-0.05, 0) is 31.0 Å². The molecular weight excluding hydrogens is 322 g/mol. The second kappa shape index (κ2) is 9.68. The molecular formula is C19H23NOS2. The summed E-state index contributed by atoms with van der Waals surface area (Å²) in [5.41, 5.74) is 3.79. The third-order valence-corrected chi connectivity index (χ3v) is 5.57. The van der Waals surface area contributed by atoms with Gasteiger partial charge in [-0.2, -0.15) is 11.8 Å². The molecule has 0 atom stereocenters. The molecule has 0 radical (unpaired) electrons. The number of hydrogen-bond acceptors (Lipinski definition) is 3. The summed E-state index contributed by atoms with van der Waals surface area (Å²) in [7, 11) is 0. The number of amides is 1. The number of carbonyl (C=O) groups excluding carboxylic acids is 1. The van der Waals surface area contributed by atoms with E-state index in [4.69, 9.17) is 0 Å². The highest BCUT2D eigenvalue weighted by Crippen LogP contribution is 2.23. The molecule has 122 valence electrons. The van der Waals surface area contributed by atoms with Crippen LogP contribution in [0.3, 0.4) is 0 Å². The largest absolute Gasteiger partial charge is 0.355 e. The van der Waals surface area contributed by atoms with E-state index < -0.39 is 0 Å². The Kier molecular flexibility index (Phi) is 7.56. The summed E-state index contributed by atoms with van der Waals surface area (Å²) in [4.78, 5) is 13.1. The SMILES string of the molecule is Cc1ccc(C)c(SCC(=O)NCCSCc2ccccc2)c1. The molecule has 0 spiro atoms. The third kappa shape index (κ3) is 6.71. The number of carbonyl (C=O) groups is 1. The molecule has 2 nitrogen and oxygen atoms in total. The fourth-order valence-corrected chi connectivity index (χ4v) is 3.86. The normalized spacial score (nSPS) is 10.5. The lowest BCUT2D eigenvalue weighted by molar-refractivity contribution is -0.118. The molecule has 0 bridgehead atoms. The van der Waals surface area contributed by atoms with Crippen LogP contribution in [0.15, 0.2) is 53.4 Å². The van der Waals surface area contributed by atoms with Crippen molar-refractivity contribution in [3.8, 4) is 0 Å². The first-order valence-corrected chi connectivity index (χ1v) is 9.87. The highest BCUT2D eigenvalue weighted by molar-refractivity contribution is 8.00. The van der Waals surface area contributed by atoms with Gasteiger partial charge in [-0.15, -0.1) is 11.8 Å². The number of nitrogens with one attached hydrogen (secondary N) is 1. The molecule has 0 aromatic heterocycles. The molecule has 23 heavy (non-hydrogen) atoms. The van der Waals surface area contributed by atoms with Crippen molar-refractivity contribution < 1.29 is 4.79 Å². The van der Waals surface area contributed by atoms with Crippen molar-refractivity contribution in [2.45, 2.75) is 24.5 Å². The number of thioether (sulfide) groups is 2. The molecule has 0 saturated carbocycles. The molecule has 0 heterocycles.